The molecule has 1 aliphatic carbocycles. The lowest BCUT2D eigenvalue weighted by molar-refractivity contribution is 0.0715. The van der Waals surface area contributed by atoms with Gasteiger partial charge in [-0.1, -0.05) is 13.8 Å². The zero-order valence-electron chi connectivity index (χ0n) is 12.5. The third-order valence-corrected chi connectivity index (χ3v) is 4.09. The van der Waals surface area contributed by atoms with Crippen LogP contribution in [0.15, 0.2) is 12.3 Å². The van der Waals surface area contributed by atoms with Gasteiger partial charge in [-0.05, 0) is 31.7 Å². The Kier molecular flexibility index (Phi) is 5.07. The van der Waals surface area contributed by atoms with E-state index in [4.69, 9.17) is 0 Å². The van der Waals surface area contributed by atoms with Crippen molar-refractivity contribution in [1.29, 1.82) is 0 Å². The molecule has 0 amide bonds. The van der Waals surface area contributed by atoms with Crippen molar-refractivity contribution in [2.75, 3.05) is 6.61 Å². The molecule has 4 atom stereocenters. The minimum absolute atomic E-state index is 0.0200. The number of nitrogens with zero attached hydrogens (tertiary/aromatic N) is 2. The average molecular weight is 279 g/mol. The SMILES string of the molecule is Cc1nccc(CC2C(NC(C)C)CC(O)C2CO)n1. The van der Waals surface area contributed by atoms with E-state index in [1.807, 2.05) is 13.0 Å². The summed E-state index contributed by atoms with van der Waals surface area (Å²) in [5.41, 5.74) is 0.977. The maximum atomic E-state index is 10.1. The topological polar surface area (TPSA) is 78.3 Å². The molecule has 1 heterocycles. The third-order valence-electron chi connectivity index (χ3n) is 4.09. The van der Waals surface area contributed by atoms with Crippen LogP contribution in [0.2, 0.25) is 0 Å². The summed E-state index contributed by atoms with van der Waals surface area (Å²) < 4.78 is 0. The van der Waals surface area contributed by atoms with E-state index in [9.17, 15) is 10.2 Å². The number of rotatable bonds is 5. The summed E-state index contributed by atoms with van der Waals surface area (Å²) in [6.07, 6.45) is 2.78. The molecule has 4 unspecified atom stereocenters. The average Bonchev–Trinajstić information content (AvgIpc) is 2.64. The number of aliphatic hydroxyl groups is 2. The lowest BCUT2D eigenvalue weighted by Gasteiger charge is -2.26. The third kappa shape index (κ3) is 3.53. The van der Waals surface area contributed by atoms with Gasteiger partial charge >= 0.3 is 0 Å². The second-order valence-electron chi connectivity index (χ2n) is 6.04. The van der Waals surface area contributed by atoms with E-state index in [2.05, 4.69) is 29.1 Å². The molecule has 1 aromatic heterocycles. The van der Waals surface area contributed by atoms with Gasteiger partial charge in [0.05, 0.1) is 6.10 Å². The van der Waals surface area contributed by atoms with Gasteiger partial charge in [0.2, 0.25) is 0 Å². The van der Waals surface area contributed by atoms with Crippen LogP contribution in [0.1, 0.15) is 31.8 Å². The number of aryl methyl sites for hydroxylation is 1. The molecule has 0 bridgehead atoms. The minimum atomic E-state index is -0.441. The Morgan fingerprint density at radius 1 is 1.40 bits per heavy atom. The quantitative estimate of drug-likeness (QED) is 0.739. The van der Waals surface area contributed by atoms with Crippen LogP contribution in [0.25, 0.3) is 0 Å². The van der Waals surface area contributed by atoms with Gasteiger partial charge in [0.25, 0.3) is 0 Å². The molecular formula is C15H25N3O2. The molecule has 0 aromatic carbocycles. The highest BCUT2D eigenvalue weighted by atomic mass is 16.3. The predicted molar refractivity (Wildman–Crippen MR) is 77.2 cm³/mol. The molecule has 0 saturated heterocycles. The Balaban J connectivity index is 2.15. The Hall–Kier alpha value is -1.04. The lowest BCUT2D eigenvalue weighted by atomic mass is 9.88. The van der Waals surface area contributed by atoms with Crippen LogP contribution in [0.3, 0.4) is 0 Å². The van der Waals surface area contributed by atoms with Gasteiger partial charge in [-0.15, -0.1) is 0 Å². The van der Waals surface area contributed by atoms with E-state index in [0.29, 0.717) is 12.5 Å². The van der Waals surface area contributed by atoms with Gasteiger partial charge in [0, 0.05) is 36.5 Å². The van der Waals surface area contributed by atoms with Crippen molar-refractivity contribution in [3.8, 4) is 0 Å². The summed E-state index contributed by atoms with van der Waals surface area (Å²) in [4.78, 5) is 8.55. The van der Waals surface area contributed by atoms with E-state index in [1.165, 1.54) is 0 Å². The first kappa shape index (κ1) is 15.4. The summed E-state index contributed by atoms with van der Waals surface area (Å²) >= 11 is 0. The summed E-state index contributed by atoms with van der Waals surface area (Å²) in [6.45, 7) is 6.10. The van der Waals surface area contributed by atoms with Crippen LogP contribution >= 0.6 is 0 Å². The fourth-order valence-electron chi connectivity index (χ4n) is 3.22. The van der Waals surface area contributed by atoms with Crippen molar-refractivity contribution in [2.45, 2.75) is 51.8 Å². The fourth-order valence-corrected chi connectivity index (χ4v) is 3.22. The first-order valence-electron chi connectivity index (χ1n) is 7.34. The predicted octanol–water partition coefficient (Wildman–Crippen LogP) is 0.683. The summed E-state index contributed by atoms with van der Waals surface area (Å²) in [7, 11) is 0. The highest BCUT2D eigenvalue weighted by molar-refractivity contribution is 5.07. The standard InChI is InChI=1S/C15H25N3O2/c1-9(2)17-14-7-15(20)13(8-19)12(14)6-11-4-5-16-10(3)18-11/h4-5,9,12-15,17,19-20H,6-8H2,1-3H3. The Morgan fingerprint density at radius 2 is 2.15 bits per heavy atom. The van der Waals surface area contributed by atoms with Crippen molar-refractivity contribution < 1.29 is 10.2 Å². The molecule has 0 aliphatic heterocycles. The van der Waals surface area contributed by atoms with Crippen LogP contribution in [0.5, 0.6) is 0 Å². The smallest absolute Gasteiger partial charge is 0.125 e. The van der Waals surface area contributed by atoms with Crippen LogP contribution in [0, 0.1) is 18.8 Å². The van der Waals surface area contributed by atoms with Crippen LogP contribution in [0.4, 0.5) is 0 Å². The van der Waals surface area contributed by atoms with E-state index in [-0.39, 0.29) is 24.5 Å². The van der Waals surface area contributed by atoms with Crippen molar-refractivity contribution in [2.24, 2.45) is 11.8 Å². The number of hydrogen-bond acceptors (Lipinski definition) is 5. The maximum Gasteiger partial charge on any atom is 0.125 e. The van der Waals surface area contributed by atoms with Gasteiger partial charge in [0.1, 0.15) is 5.82 Å². The second-order valence-corrected chi connectivity index (χ2v) is 6.04. The molecule has 5 nitrogen and oxygen atoms in total. The number of nitrogens with one attached hydrogen (secondary N) is 1. The maximum absolute atomic E-state index is 10.1. The summed E-state index contributed by atoms with van der Waals surface area (Å²) in [6, 6.07) is 2.50. The van der Waals surface area contributed by atoms with Gasteiger partial charge < -0.3 is 15.5 Å². The summed E-state index contributed by atoms with van der Waals surface area (Å²) in [5.74, 6) is 0.878. The molecule has 1 aliphatic rings. The first-order valence-corrected chi connectivity index (χ1v) is 7.34. The molecule has 2 rings (SSSR count). The van der Waals surface area contributed by atoms with Crippen LogP contribution in [-0.4, -0.2) is 45.0 Å². The molecule has 1 saturated carbocycles. The zero-order valence-corrected chi connectivity index (χ0v) is 12.5. The molecule has 5 heteroatoms. The molecule has 112 valence electrons. The van der Waals surface area contributed by atoms with Crippen LogP contribution < -0.4 is 5.32 Å². The van der Waals surface area contributed by atoms with E-state index in [0.717, 1.165) is 17.9 Å². The van der Waals surface area contributed by atoms with Crippen molar-refractivity contribution in [1.82, 2.24) is 15.3 Å². The molecule has 0 radical (unpaired) electrons. The molecule has 0 spiro atoms. The summed E-state index contributed by atoms with van der Waals surface area (Å²) in [5, 5.41) is 23.2. The molecule has 1 fully saturated rings. The normalized spacial score (nSPS) is 30.1. The number of hydrogen-bond donors (Lipinski definition) is 3. The lowest BCUT2D eigenvalue weighted by Crippen LogP contribution is -2.40. The number of aromatic nitrogens is 2. The molecule has 1 aromatic rings. The van der Waals surface area contributed by atoms with Crippen molar-refractivity contribution >= 4 is 0 Å². The van der Waals surface area contributed by atoms with Crippen LogP contribution in [-0.2, 0) is 6.42 Å². The van der Waals surface area contributed by atoms with E-state index >= 15 is 0 Å². The van der Waals surface area contributed by atoms with Crippen molar-refractivity contribution in [3.63, 3.8) is 0 Å². The molecule has 3 N–H and O–H groups in total. The molecular weight excluding hydrogens is 254 g/mol. The molecule has 20 heavy (non-hydrogen) atoms. The van der Waals surface area contributed by atoms with Gasteiger partial charge in [-0.25, -0.2) is 9.97 Å². The van der Waals surface area contributed by atoms with E-state index < -0.39 is 6.10 Å². The van der Waals surface area contributed by atoms with Crippen molar-refractivity contribution in [3.05, 3.63) is 23.8 Å². The Morgan fingerprint density at radius 3 is 2.75 bits per heavy atom. The second kappa shape index (κ2) is 6.61. The monoisotopic (exact) mass is 279 g/mol. The largest absolute Gasteiger partial charge is 0.396 e. The van der Waals surface area contributed by atoms with E-state index in [1.54, 1.807) is 6.20 Å². The minimum Gasteiger partial charge on any atom is -0.396 e. The first-order chi connectivity index (χ1) is 9.51. The zero-order chi connectivity index (χ0) is 14.7. The highest BCUT2D eigenvalue weighted by Gasteiger charge is 2.42. The van der Waals surface area contributed by atoms with Gasteiger partial charge in [-0.3, -0.25) is 0 Å². The Labute approximate surface area is 120 Å². The highest BCUT2D eigenvalue weighted by Crippen LogP contribution is 2.34. The van der Waals surface area contributed by atoms with Gasteiger partial charge in [-0.2, -0.15) is 0 Å². The fraction of sp³-hybridized carbons (Fsp3) is 0.733. The van der Waals surface area contributed by atoms with Gasteiger partial charge in [0.15, 0.2) is 0 Å². The Bertz CT molecular complexity index is 439. The number of aliphatic hydroxyl groups excluding tert-OH is 2.